The van der Waals surface area contributed by atoms with Gasteiger partial charge in [0.05, 0.1) is 11.0 Å². The van der Waals surface area contributed by atoms with Gasteiger partial charge in [-0.2, -0.15) is 0 Å². The van der Waals surface area contributed by atoms with Gasteiger partial charge in [0.1, 0.15) is 0 Å². The van der Waals surface area contributed by atoms with Crippen LogP contribution in [0.1, 0.15) is 0 Å². The predicted molar refractivity (Wildman–Crippen MR) is 250 cm³/mol. The van der Waals surface area contributed by atoms with E-state index in [0.29, 0.717) is 17.5 Å². The molecule has 0 fully saturated rings. The number of para-hydroxylation sites is 1. The third-order valence-electron chi connectivity index (χ3n) is 11.7. The molecule has 0 aliphatic heterocycles. The Hall–Kier alpha value is -8.08. The second-order valence-electron chi connectivity index (χ2n) is 15.6. The molecule has 0 saturated carbocycles. The minimum Gasteiger partial charge on any atom is -0.248 e. The summed E-state index contributed by atoms with van der Waals surface area (Å²) in [5.74, 6) is 1.84. The van der Waals surface area contributed by atoms with Crippen molar-refractivity contribution < 1.29 is 0 Å². The highest BCUT2D eigenvalue weighted by Crippen LogP contribution is 2.37. The first-order valence-electron chi connectivity index (χ1n) is 20.3. The Kier molecular flexibility index (Phi) is 7.82. The van der Waals surface area contributed by atoms with Crippen LogP contribution in [0.4, 0.5) is 0 Å². The van der Waals surface area contributed by atoms with Crippen molar-refractivity contribution in [2.24, 2.45) is 0 Å². The third kappa shape index (κ3) is 6.10. The zero-order valence-corrected chi connectivity index (χ0v) is 32.4. The molecule has 0 atom stereocenters. The van der Waals surface area contributed by atoms with Crippen molar-refractivity contribution in [2.45, 2.75) is 0 Å². The summed E-state index contributed by atoms with van der Waals surface area (Å²) in [4.78, 5) is 20.5. The Bertz CT molecular complexity index is 3530. The average Bonchev–Trinajstić information content (AvgIpc) is 3.31. The summed E-state index contributed by atoms with van der Waals surface area (Å²) in [5.41, 5.74) is 9.07. The predicted octanol–water partition coefficient (Wildman–Crippen LogP) is 14.5. The van der Waals surface area contributed by atoms with Gasteiger partial charge in [-0.15, -0.1) is 0 Å². The topological polar surface area (TPSA) is 51.6 Å². The van der Waals surface area contributed by atoms with E-state index in [-0.39, 0.29) is 0 Å². The molecule has 4 nitrogen and oxygen atoms in total. The zero-order chi connectivity index (χ0) is 39.6. The van der Waals surface area contributed by atoms with E-state index in [9.17, 15) is 0 Å². The summed E-state index contributed by atoms with van der Waals surface area (Å²) in [6, 6.07) is 73.4. The molecule has 12 rings (SSSR count). The van der Waals surface area contributed by atoms with E-state index in [0.717, 1.165) is 60.8 Å². The zero-order valence-electron chi connectivity index (χ0n) is 32.4. The number of fused-ring (bicyclic) bond motifs is 6. The molecule has 12 aromatic rings. The number of pyridine rings is 1. The van der Waals surface area contributed by atoms with Gasteiger partial charge >= 0.3 is 0 Å². The van der Waals surface area contributed by atoms with E-state index in [1.165, 1.54) is 43.1 Å². The fraction of sp³-hybridized carbons (Fsp3) is 0. The molecule has 0 amide bonds. The Labute approximate surface area is 346 Å². The second-order valence-corrected chi connectivity index (χ2v) is 15.6. The van der Waals surface area contributed by atoms with E-state index >= 15 is 0 Å². The molecule has 0 N–H and O–H groups in total. The van der Waals surface area contributed by atoms with Crippen LogP contribution in [0.25, 0.3) is 121 Å². The summed E-state index contributed by atoms with van der Waals surface area (Å²) in [7, 11) is 0. The van der Waals surface area contributed by atoms with Crippen LogP contribution in [0.3, 0.4) is 0 Å². The van der Waals surface area contributed by atoms with Crippen molar-refractivity contribution >= 4 is 64.9 Å². The van der Waals surface area contributed by atoms with Crippen molar-refractivity contribution in [3.8, 4) is 56.4 Å². The van der Waals surface area contributed by atoms with Crippen LogP contribution in [-0.4, -0.2) is 19.9 Å². The molecule has 0 spiro atoms. The van der Waals surface area contributed by atoms with Crippen molar-refractivity contribution in [1.82, 2.24) is 19.9 Å². The van der Waals surface area contributed by atoms with Crippen molar-refractivity contribution in [3.05, 3.63) is 206 Å². The van der Waals surface area contributed by atoms with Gasteiger partial charge in [0.2, 0.25) is 0 Å². The van der Waals surface area contributed by atoms with Crippen LogP contribution >= 0.6 is 0 Å². The summed E-state index contributed by atoms with van der Waals surface area (Å²) in [5, 5.41) is 11.9. The minimum atomic E-state index is 0.607. The van der Waals surface area contributed by atoms with Gasteiger partial charge in [-0.1, -0.05) is 121 Å². The molecule has 10 aromatic carbocycles. The number of hydrogen-bond donors (Lipinski definition) is 0. The van der Waals surface area contributed by atoms with Crippen LogP contribution in [0, 0.1) is 0 Å². The van der Waals surface area contributed by atoms with Crippen LogP contribution in [0.15, 0.2) is 206 Å². The smallest absolute Gasteiger partial charge is 0.164 e. The first kappa shape index (κ1) is 34.0. The molecule has 0 bridgehead atoms. The van der Waals surface area contributed by atoms with Crippen molar-refractivity contribution in [2.75, 3.05) is 0 Å². The summed E-state index contributed by atoms with van der Waals surface area (Å²) < 4.78 is 0. The largest absolute Gasteiger partial charge is 0.248 e. The quantitative estimate of drug-likeness (QED) is 0.164. The standard InChI is InChI=1S/C56H34N4/c1-2-10-35(11-3-1)54-58-55(45-22-23-53-50(31-45)30-44-16-8-9-17-52(44)57-53)60-56(59-54)51-33-48(42-20-18-40-24-36-12-4-6-14-38(36)26-46(40)28-42)32-49(34-51)43-21-19-41-25-37-13-5-7-15-39(37)27-47(41)29-43/h1-34H. The fourth-order valence-corrected chi connectivity index (χ4v) is 8.60. The number of nitrogens with zero attached hydrogens (tertiary/aromatic N) is 4. The first-order chi connectivity index (χ1) is 29.6. The molecular weight excluding hydrogens is 729 g/mol. The Balaban J connectivity index is 1.07. The molecule has 60 heavy (non-hydrogen) atoms. The monoisotopic (exact) mass is 762 g/mol. The van der Waals surface area contributed by atoms with Gasteiger partial charge in [0, 0.05) is 27.5 Å². The molecule has 2 aromatic heterocycles. The van der Waals surface area contributed by atoms with E-state index in [1.54, 1.807) is 0 Å². The molecular formula is C56H34N4. The van der Waals surface area contributed by atoms with E-state index < -0.39 is 0 Å². The summed E-state index contributed by atoms with van der Waals surface area (Å²) >= 11 is 0. The maximum Gasteiger partial charge on any atom is 0.164 e. The molecule has 2 heterocycles. The molecule has 0 aliphatic rings. The lowest BCUT2D eigenvalue weighted by Crippen LogP contribution is -2.00. The van der Waals surface area contributed by atoms with Gasteiger partial charge in [-0.05, 0) is 150 Å². The lowest BCUT2D eigenvalue weighted by atomic mass is 9.92. The van der Waals surface area contributed by atoms with Crippen LogP contribution in [0.2, 0.25) is 0 Å². The molecule has 0 radical (unpaired) electrons. The third-order valence-corrected chi connectivity index (χ3v) is 11.7. The second kappa shape index (κ2) is 13.8. The van der Waals surface area contributed by atoms with E-state index in [2.05, 4.69) is 176 Å². The highest BCUT2D eigenvalue weighted by Gasteiger charge is 2.16. The van der Waals surface area contributed by atoms with Crippen molar-refractivity contribution in [3.63, 3.8) is 0 Å². The van der Waals surface area contributed by atoms with Crippen LogP contribution in [-0.2, 0) is 0 Å². The van der Waals surface area contributed by atoms with Gasteiger partial charge in [-0.3, -0.25) is 0 Å². The van der Waals surface area contributed by atoms with Crippen molar-refractivity contribution in [1.29, 1.82) is 0 Å². The molecule has 0 aliphatic carbocycles. The van der Waals surface area contributed by atoms with Gasteiger partial charge < -0.3 is 0 Å². The molecule has 0 saturated heterocycles. The average molecular weight is 763 g/mol. The number of aromatic nitrogens is 4. The Morgan fingerprint density at radius 3 is 1.18 bits per heavy atom. The van der Waals surface area contributed by atoms with Gasteiger partial charge in [0.25, 0.3) is 0 Å². The lowest BCUT2D eigenvalue weighted by molar-refractivity contribution is 1.07. The van der Waals surface area contributed by atoms with Gasteiger partial charge in [0.15, 0.2) is 17.5 Å². The first-order valence-corrected chi connectivity index (χ1v) is 20.3. The maximum absolute atomic E-state index is 5.26. The Morgan fingerprint density at radius 2 is 0.583 bits per heavy atom. The lowest BCUT2D eigenvalue weighted by Gasteiger charge is -2.14. The summed E-state index contributed by atoms with van der Waals surface area (Å²) in [6.45, 7) is 0. The normalized spacial score (nSPS) is 11.7. The molecule has 4 heteroatoms. The summed E-state index contributed by atoms with van der Waals surface area (Å²) in [6.07, 6.45) is 0. The highest BCUT2D eigenvalue weighted by molar-refractivity contribution is 6.02. The molecule has 0 unspecified atom stereocenters. The van der Waals surface area contributed by atoms with Crippen LogP contribution in [0.5, 0.6) is 0 Å². The fourth-order valence-electron chi connectivity index (χ4n) is 8.60. The number of benzene rings is 10. The Morgan fingerprint density at radius 1 is 0.183 bits per heavy atom. The van der Waals surface area contributed by atoms with Crippen LogP contribution < -0.4 is 0 Å². The van der Waals surface area contributed by atoms with E-state index in [1.807, 2.05) is 30.3 Å². The minimum absolute atomic E-state index is 0.607. The SMILES string of the molecule is c1ccc(-c2nc(-c3cc(-c4ccc5cc6ccccc6cc5c4)cc(-c4ccc5cc6ccccc6cc5c4)c3)nc(-c3ccc4nc5ccccc5cc4c3)n2)cc1. The number of rotatable bonds is 5. The van der Waals surface area contributed by atoms with Gasteiger partial charge in [-0.25, -0.2) is 19.9 Å². The highest BCUT2D eigenvalue weighted by atomic mass is 15.0. The number of hydrogen-bond acceptors (Lipinski definition) is 4. The molecule has 278 valence electrons. The maximum atomic E-state index is 5.26. The van der Waals surface area contributed by atoms with E-state index in [4.69, 9.17) is 19.9 Å².